The largest absolute Gasteiger partial charge is 0.456 e. The second-order valence-corrected chi connectivity index (χ2v) is 10.7. The van der Waals surface area contributed by atoms with Crippen LogP contribution in [0.2, 0.25) is 0 Å². The molecule has 0 unspecified atom stereocenters. The van der Waals surface area contributed by atoms with Gasteiger partial charge in [0.05, 0.1) is 5.39 Å². The van der Waals surface area contributed by atoms with Gasteiger partial charge in [-0.2, -0.15) is 0 Å². The van der Waals surface area contributed by atoms with Gasteiger partial charge in [0.2, 0.25) is 5.71 Å². The molecule has 9 rings (SSSR count). The molecule has 5 aromatic carbocycles. The number of benzene rings is 5. The number of pyridine rings is 1. The summed E-state index contributed by atoms with van der Waals surface area (Å²) in [6.07, 6.45) is 1.74. The van der Waals surface area contributed by atoms with Crippen molar-refractivity contribution in [1.29, 1.82) is 0 Å². The lowest BCUT2D eigenvalue weighted by Crippen LogP contribution is -2.01. The Morgan fingerprint density at radius 3 is 1.73 bits per heavy atom. The Bertz CT molecular complexity index is 2360. The summed E-state index contributed by atoms with van der Waals surface area (Å²) in [6.45, 7) is 0. The van der Waals surface area contributed by atoms with Gasteiger partial charge in [0, 0.05) is 39.0 Å². The second-order valence-electron chi connectivity index (χ2n) is 10.7. The first-order valence-corrected chi connectivity index (χ1v) is 14.4. The zero-order valence-electron chi connectivity index (χ0n) is 23.3. The molecule has 0 aliphatic heterocycles. The standard InChI is InChI=1S/C38H22N4O2/c1-2-9-23(10-3-1)24-17-19-25(20-18-24)35-40-36(28-13-8-16-32-33(28)26-11-4-6-14-30(26)43-32)42-37(41-35)29-21-22-39-38-34(29)27-12-5-7-15-31(27)44-38/h1-22H. The average molecular weight is 567 g/mol. The summed E-state index contributed by atoms with van der Waals surface area (Å²) in [5, 5.41) is 3.82. The quantitative estimate of drug-likeness (QED) is 0.211. The van der Waals surface area contributed by atoms with Crippen LogP contribution in [0, 0.1) is 0 Å². The third-order valence-electron chi connectivity index (χ3n) is 8.05. The van der Waals surface area contributed by atoms with E-state index in [0.717, 1.165) is 66.1 Å². The predicted octanol–water partition coefficient (Wildman–Crippen LogP) is 9.73. The first kappa shape index (κ1) is 24.5. The molecule has 9 aromatic rings. The van der Waals surface area contributed by atoms with Crippen LogP contribution in [0.25, 0.3) is 89.3 Å². The third kappa shape index (κ3) is 3.89. The maximum Gasteiger partial charge on any atom is 0.228 e. The van der Waals surface area contributed by atoms with E-state index >= 15 is 0 Å². The second kappa shape index (κ2) is 9.71. The van der Waals surface area contributed by atoms with Crippen LogP contribution >= 0.6 is 0 Å². The van der Waals surface area contributed by atoms with Crippen LogP contribution in [0.15, 0.2) is 142 Å². The summed E-state index contributed by atoms with van der Waals surface area (Å²) in [6, 6.07) is 42.6. The predicted molar refractivity (Wildman–Crippen MR) is 174 cm³/mol. The van der Waals surface area contributed by atoms with E-state index in [1.807, 2.05) is 84.9 Å². The first-order chi connectivity index (χ1) is 21.8. The minimum atomic E-state index is 0.542. The molecule has 0 fully saturated rings. The van der Waals surface area contributed by atoms with Crippen molar-refractivity contribution in [3.05, 3.63) is 134 Å². The summed E-state index contributed by atoms with van der Waals surface area (Å²) >= 11 is 0. The van der Waals surface area contributed by atoms with E-state index in [9.17, 15) is 0 Å². The van der Waals surface area contributed by atoms with Crippen molar-refractivity contribution < 1.29 is 8.83 Å². The van der Waals surface area contributed by atoms with Crippen LogP contribution in [-0.4, -0.2) is 19.9 Å². The number of rotatable bonds is 4. The van der Waals surface area contributed by atoms with Crippen molar-refractivity contribution in [3.63, 3.8) is 0 Å². The SMILES string of the molecule is c1ccc(-c2ccc(-c3nc(-c4cccc5oc6ccccc6c45)nc(-c4ccnc5oc6ccccc6c45)n3)cc2)cc1. The van der Waals surface area contributed by atoms with Gasteiger partial charge >= 0.3 is 0 Å². The van der Waals surface area contributed by atoms with E-state index in [1.54, 1.807) is 6.20 Å². The highest BCUT2D eigenvalue weighted by Crippen LogP contribution is 2.38. The van der Waals surface area contributed by atoms with Crippen molar-refractivity contribution in [1.82, 2.24) is 19.9 Å². The first-order valence-electron chi connectivity index (χ1n) is 14.4. The van der Waals surface area contributed by atoms with E-state index in [0.29, 0.717) is 23.2 Å². The van der Waals surface area contributed by atoms with E-state index in [2.05, 4.69) is 47.4 Å². The minimum Gasteiger partial charge on any atom is -0.456 e. The third-order valence-corrected chi connectivity index (χ3v) is 8.05. The molecule has 44 heavy (non-hydrogen) atoms. The lowest BCUT2D eigenvalue weighted by atomic mass is 10.0. The topological polar surface area (TPSA) is 77.8 Å². The van der Waals surface area contributed by atoms with Gasteiger partial charge in [0.15, 0.2) is 17.5 Å². The molecule has 0 amide bonds. The molecular weight excluding hydrogens is 544 g/mol. The zero-order chi connectivity index (χ0) is 29.0. The molecule has 0 bridgehead atoms. The van der Waals surface area contributed by atoms with Crippen molar-refractivity contribution in [2.24, 2.45) is 0 Å². The number of nitrogens with zero attached hydrogens (tertiary/aromatic N) is 4. The number of furan rings is 2. The Kier molecular flexibility index (Phi) is 5.40. The molecule has 6 heteroatoms. The molecule has 4 heterocycles. The van der Waals surface area contributed by atoms with Crippen molar-refractivity contribution >= 4 is 44.0 Å². The van der Waals surface area contributed by atoms with Gasteiger partial charge in [-0.05, 0) is 35.4 Å². The molecule has 206 valence electrons. The lowest BCUT2D eigenvalue weighted by molar-refractivity contribution is 0.654. The maximum absolute atomic E-state index is 6.20. The van der Waals surface area contributed by atoms with E-state index < -0.39 is 0 Å². The number of fused-ring (bicyclic) bond motifs is 6. The van der Waals surface area contributed by atoms with Gasteiger partial charge in [-0.3, -0.25) is 0 Å². The smallest absolute Gasteiger partial charge is 0.228 e. The van der Waals surface area contributed by atoms with E-state index in [-0.39, 0.29) is 0 Å². The highest BCUT2D eigenvalue weighted by Gasteiger charge is 2.20. The Hall–Kier alpha value is -6.14. The lowest BCUT2D eigenvalue weighted by Gasteiger charge is -2.10. The summed E-state index contributed by atoms with van der Waals surface area (Å²) in [5.41, 5.74) is 7.79. The molecule has 0 atom stereocenters. The van der Waals surface area contributed by atoms with Crippen LogP contribution in [0.3, 0.4) is 0 Å². The fourth-order valence-electron chi connectivity index (χ4n) is 5.98. The fourth-order valence-corrected chi connectivity index (χ4v) is 5.98. The Morgan fingerprint density at radius 2 is 0.955 bits per heavy atom. The molecule has 0 aliphatic rings. The zero-order valence-corrected chi connectivity index (χ0v) is 23.3. The van der Waals surface area contributed by atoms with Crippen LogP contribution in [-0.2, 0) is 0 Å². The van der Waals surface area contributed by atoms with Gasteiger partial charge in [0.25, 0.3) is 0 Å². The summed E-state index contributed by atoms with van der Waals surface area (Å²) < 4.78 is 12.3. The van der Waals surface area contributed by atoms with Crippen molar-refractivity contribution in [2.45, 2.75) is 0 Å². The van der Waals surface area contributed by atoms with Gasteiger partial charge in [-0.1, -0.05) is 103 Å². The van der Waals surface area contributed by atoms with Gasteiger partial charge in [0.1, 0.15) is 16.7 Å². The monoisotopic (exact) mass is 566 g/mol. The van der Waals surface area contributed by atoms with Crippen molar-refractivity contribution in [2.75, 3.05) is 0 Å². The van der Waals surface area contributed by atoms with Crippen LogP contribution < -0.4 is 0 Å². The summed E-state index contributed by atoms with van der Waals surface area (Å²) in [7, 11) is 0. The van der Waals surface area contributed by atoms with Crippen LogP contribution in [0.1, 0.15) is 0 Å². The molecular formula is C38H22N4O2. The Morgan fingerprint density at radius 1 is 0.386 bits per heavy atom. The maximum atomic E-state index is 6.20. The highest BCUT2D eigenvalue weighted by atomic mass is 16.3. The molecule has 4 aromatic heterocycles. The molecule has 0 aliphatic carbocycles. The van der Waals surface area contributed by atoms with E-state index in [1.165, 1.54) is 0 Å². The van der Waals surface area contributed by atoms with E-state index in [4.69, 9.17) is 23.8 Å². The number of hydrogen-bond donors (Lipinski definition) is 0. The van der Waals surface area contributed by atoms with Crippen LogP contribution in [0.5, 0.6) is 0 Å². The molecule has 0 radical (unpaired) electrons. The highest BCUT2D eigenvalue weighted by molar-refractivity contribution is 6.12. The van der Waals surface area contributed by atoms with Gasteiger partial charge in [-0.15, -0.1) is 0 Å². The molecule has 0 spiro atoms. The molecule has 0 N–H and O–H groups in total. The Labute approximate surface area is 251 Å². The number of para-hydroxylation sites is 2. The minimum absolute atomic E-state index is 0.542. The average Bonchev–Trinajstić information content (AvgIpc) is 3.67. The summed E-state index contributed by atoms with van der Waals surface area (Å²) in [5.74, 6) is 1.68. The van der Waals surface area contributed by atoms with Gasteiger partial charge < -0.3 is 8.83 Å². The van der Waals surface area contributed by atoms with Gasteiger partial charge in [-0.25, -0.2) is 19.9 Å². The number of aromatic nitrogens is 4. The Balaban J connectivity index is 1.30. The molecule has 0 saturated carbocycles. The number of hydrogen-bond acceptors (Lipinski definition) is 6. The molecule has 6 nitrogen and oxygen atoms in total. The normalized spacial score (nSPS) is 11.6. The fraction of sp³-hybridized carbons (Fsp3) is 0. The molecule has 0 saturated heterocycles. The van der Waals surface area contributed by atoms with Crippen molar-refractivity contribution in [3.8, 4) is 45.3 Å². The summed E-state index contributed by atoms with van der Waals surface area (Å²) in [4.78, 5) is 19.7. The van der Waals surface area contributed by atoms with Crippen LogP contribution in [0.4, 0.5) is 0 Å².